The van der Waals surface area contributed by atoms with Crippen molar-refractivity contribution in [1.82, 2.24) is 8.61 Å². The molecule has 1 aliphatic heterocycles. The molecule has 2 fully saturated rings. The van der Waals surface area contributed by atoms with Crippen LogP contribution in [0.15, 0.2) is 0 Å². The lowest BCUT2D eigenvalue weighted by Crippen LogP contribution is -2.49. The van der Waals surface area contributed by atoms with Crippen LogP contribution < -0.4 is 0 Å². The van der Waals surface area contributed by atoms with Gasteiger partial charge in [0.25, 0.3) is 10.2 Å². The van der Waals surface area contributed by atoms with Gasteiger partial charge >= 0.3 is 0 Å². The average molecular weight is 309 g/mol. The number of piperidine rings is 1. The van der Waals surface area contributed by atoms with Crippen LogP contribution in [0.4, 0.5) is 0 Å². The molecular weight excluding hydrogens is 284 g/mol. The molecule has 2 aliphatic rings. The normalized spacial score (nSPS) is 25.9. The van der Waals surface area contributed by atoms with E-state index >= 15 is 0 Å². The standard InChI is InChI=1S/C13H25ClN2O2S/c1-2-7-15(10-12-5-6-12)19(17,18)16-8-3-4-13(9-14)11-16/h12-13H,2-11H2,1H3. The summed E-state index contributed by atoms with van der Waals surface area (Å²) < 4.78 is 28.8. The lowest BCUT2D eigenvalue weighted by molar-refractivity contribution is 0.257. The molecule has 1 unspecified atom stereocenters. The summed E-state index contributed by atoms with van der Waals surface area (Å²) in [6.07, 6.45) is 5.21. The van der Waals surface area contributed by atoms with Crippen molar-refractivity contribution in [1.29, 1.82) is 0 Å². The average Bonchev–Trinajstić information content (AvgIpc) is 3.22. The summed E-state index contributed by atoms with van der Waals surface area (Å²) in [5.41, 5.74) is 0. The highest BCUT2D eigenvalue weighted by molar-refractivity contribution is 7.86. The van der Waals surface area contributed by atoms with E-state index in [4.69, 9.17) is 11.6 Å². The summed E-state index contributed by atoms with van der Waals surface area (Å²) in [6.45, 7) is 4.63. The first-order valence-corrected chi connectivity index (χ1v) is 9.32. The van der Waals surface area contributed by atoms with Crippen molar-refractivity contribution >= 4 is 21.8 Å². The van der Waals surface area contributed by atoms with Crippen LogP contribution >= 0.6 is 11.6 Å². The van der Waals surface area contributed by atoms with Gasteiger partial charge in [-0.05, 0) is 43.9 Å². The number of hydrogen-bond acceptors (Lipinski definition) is 2. The smallest absolute Gasteiger partial charge is 0.195 e. The maximum absolute atomic E-state index is 12.7. The van der Waals surface area contributed by atoms with Crippen LogP contribution in [0.2, 0.25) is 0 Å². The zero-order valence-corrected chi connectivity index (χ0v) is 13.3. The van der Waals surface area contributed by atoms with Gasteiger partial charge in [-0.1, -0.05) is 6.92 Å². The number of halogens is 1. The fraction of sp³-hybridized carbons (Fsp3) is 1.00. The second kappa shape index (κ2) is 6.74. The third kappa shape index (κ3) is 4.06. The Morgan fingerprint density at radius 3 is 2.58 bits per heavy atom. The van der Waals surface area contributed by atoms with Crippen molar-refractivity contribution in [3.63, 3.8) is 0 Å². The second-order valence-corrected chi connectivity index (χ2v) is 8.07. The Morgan fingerprint density at radius 1 is 1.26 bits per heavy atom. The zero-order chi connectivity index (χ0) is 13.9. The summed E-state index contributed by atoms with van der Waals surface area (Å²) in [7, 11) is -3.28. The summed E-state index contributed by atoms with van der Waals surface area (Å²) in [5.74, 6) is 1.46. The minimum absolute atomic E-state index is 0.314. The lowest BCUT2D eigenvalue weighted by atomic mass is 10.0. The Labute approximate surface area is 122 Å². The molecule has 6 heteroatoms. The molecule has 0 amide bonds. The molecule has 1 atom stereocenters. The van der Waals surface area contributed by atoms with Crippen LogP contribution in [0.5, 0.6) is 0 Å². The summed E-state index contributed by atoms with van der Waals surface area (Å²) >= 11 is 5.90. The highest BCUT2D eigenvalue weighted by Gasteiger charge is 2.36. The Morgan fingerprint density at radius 2 is 2.00 bits per heavy atom. The van der Waals surface area contributed by atoms with Gasteiger partial charge < -0.3 is 0 Å². The van der Waals surface area contributed by atoms with Gasteiger partial charge in [-0.25, -0.2) is 0 Å². The third-order valence-electron chi connectivity index (χ3n) is 3.98. The van der Waals surface area contributed by atoms with Gasteiger partial charge in [-0.2, -0.15) is 17.0 Å². The number of alkyl halides is 1. The topological polar surface area (TPSA) is 40.6 Å². The Bertz CT molecular complexity index is 384. The summed E-state index contributed by atoms with van der Waals surface area (Å²) in [5, 5.41) is 0. The van der Waals surface area contributed by atoms with E-state index in [9.17, 15) is 8.42 Å². The number of rotatable bonds is 7. The SMILES string of the molecule is CCCN(CC1CC1)S(=O)(=O)N1CCCC(CCl)C1. The Hall–Kier alpha value is 0.160. The largest absolute Gasteiger partial charge is 0.281 e. The molecular formula is C13H25ClN2O2S. The van der Waals surface area contributed by atoms with E-state index in [1.54, 1.807) is 8.61 Å². The van der Waals surface area contributed by atoms with E-state index in [1.807, 2.05) is 6.92 Å². The number of hydrogen-bond donors (Lipinski definition) is 0. The van der Waals surface area contributed by atoms with Gasteiger partial charge in [0.05, 0.1) is 0 Å². The van der Waals surface area contributed by atoms with Gasteiger partial charge in [0.15, 0.2) is 0 Å². The Kier molecular flexibility index (Phi) is 5.52. The molecule has 1 aliphatic carbocycles. The highest BCUT2D eigenvalue weighted by Crippen LogP contribution is 2.31. The quantitative estimate of drug-likeness (QED) is 0.677. The first kappa shape index (κ1) is 15.5. The fourth-order valence-electron chi connectivity index (χ4n) is 2.66. The van der Waals surface area contributed by atoms with E-state index in [2.05, 4.69) is 0 Å². The van der Waals surface area contributed by atoms with Crippen molar-refractivity contribution in [2.24, 2.45) is 11.8 Å². The third-order valence-corrected chi connectivity index (χ3v) is 6.39. The molecule has 0 aromatic carbocycles. The maximum Gasteiger partial charge on any atom is 0.281 e. The van der Waals surface area contributed by atoms with Gasteiger partial charge in [0.2, 0.25) is 0 Å². The molecule has 0 spiro atoms. The first-order chi connectivity index (χ1) is 9.07. The highest BCUT2D eigenvalue weighted by atomic mass is 35.5. The van der Waals surface area contributed by atoms with E-state index in [1.165, 1.54) is 12.8 Å². The molecule has 1 saturated carbocycles. The van der Waals surface area contributed by atoms with Crippen molar-refractivity contribution in [3.8, 4) is 0 Å². The van der Waals surface area contributed by atoms with E-state index in [0.29, 0.717) is 43.9 Å². The van der Waals surface area contributed by atoms with Crippen molar-refractivity contribution in [3.05, 3.63) is 0 Å². The monoisotopic (exact) mass is 308 g/mol. The van der Waals surface area contributed by atoms with Gasteiger partial charge in [-0.15, -0.1) is 11.6 Å². The molecule has 1 heterocycles. The molecule has 112 valence electrons. The van der Waals surface area contributed by atoms with Gasteiger partial charge in [0.1, 0.15) is 0 Å². The van der Waals surface area contributed by atoms with E-state index in [0.717, 1.165) is 19.3 Å². The predicted octanol–water partition coefficient (Wildman–Crippen LogP) is 2.30. The minimum atomic E-state index is -3.28. The van der Waals surface area contributed by atoms with Gasteiger partial charge in [0, 0.05) is 32.1 Å². The van der Waals surface area contributed by atoms with Crippen LogP contribution in [0.25, 0.3) is 0 Å². The van der Waals surface area contributed by atoms with Crippen molar-refractivity contribution in [2.45, 2.75) is 39.0 Å². The van der Waals surface area contributed by atoms with Crippen LogP contribution in [0.3, 0.4) is 0 Å². The molecule has 1 saturated heterocycles. The van der Waals surface area contributed by atoms with Crippen molar-refractivity contribution in [2.75, 3.05) is 32.1 Å². The number of nitrogens with zero attached hydrogens (tertiary/aromatic N) is 2. The van der Waals surface area contributed by atoms with E-state index < -0.39 is 10.2 Å². The molecule has 0 N–H and O–H groups in total. The molecule has 0 aromatic heterocycles. The minimum Gasteiger partial charge on any atom is -0.195 e. The van der Waals surface area contributed by atoms with Gasteiger partial charge in [-0.3, -0.25) is 0 Å². The lowest BCUT2D eigenvalue weighted by Gasteiger charge is -2.35. The molecule has 0 aromatic rings. The maximum atomic E-state index is 12.7. The van der Waals surface area contributed by atoms with E-state index in [-0.39, 0.29) is 0 Å². The fourth-order valence-corrected chi connectivity index (χ4v) is 4.81. The predicted molar refractivity (Wildman–Crippen MR) is 78.5 cm³/mol. The summed E-state index contributed by atoms with van der Waals surface area (Å²) in [4.78, 5) is 0. The zero-order valence-electron chi connectivity index (χ0n) is 11.7. The van der Waals surface area contributed by atoms with Crippen LogP contribution in [-0.4, -0.2) is 49.1 Å². The first-order valence-electron chi connectivity index (χ1n) is 7.39. The van der Waals surface area contributed by atoms with Crippen LogP contribution in [-0.2, 0) is 10.2 Å². The second-order valence-electron chi connectivity index (χ2n) is 5.83. The van der Waals surface area contributed by atoms with Crippen LogP contribution in [0.1, 0.15) is 39.0 Å². The molecule has 19 heavy (non-hydrogen) atoms. The molecule has 0 bridgehead atoms. The van der Waals surface area contributed by atoms with Crippen molar-refractivity contribution < 1.29 is 8.42 Å². The van der Waals surface area contributed by atoms with Crippen LogP contribution in [0, 0.1) is 11.8 Å². The molecule has 0 radical (unpaired) electrons. The molecule has 2 rings (SSSR count). The molecule has 4 nitrogen and oxygen atoms in total. The summed E-state index contributed by atoms with van der Waals surface area (Å²) in [6, 6.07) is 0. The Balaban J connectivity index is 2.04.